The average Bonchev–Trinajstić information content (AvgIpc) is 2.67. The Bertz CT molecular complexity index is 917. The van der Waals surface area contributed by atoms with Crippen LogP contribution in [0.3, 0.4) is 0 Å². The van der Waals surface area contributed by atoms with Gasteiger partial charge < -0.3 is 15.7 Å². The zero-order valence-corrected chi connectivity index (χ0v) is 16.4. The first-order valence-corrected chi connectivity index (χ1v) is 9.12. The van der Waals surface area contributed by atoms with Gasteiger partial charge in [0, 0.05) is 35.9 Å². The number of quaternary nitrogens is 1. The monoisotopic (exact) mass is 442 g/mol. The molecule has 1 heterocycles. The summed E-state index contributed by atoms with van der Waals surface area (Å²) >= 11 is 5.89. The third-order valence-corrected chi connectivity index (χ3v) is 3.97. The standard InChI is InChI=1S/C19H19ClF3N5O2/c20-12-2-1-3-14(8-12)27-16(9-17(24)19(21,22)23)11-26-18(30)28-15-5-4-13(6-7-29)25-10-15/h1-5,8-10,24,27,29H,6-7,11H2,(H2,26,28,30)/p+1/b16-9-,24-17?. The van der Waals surface area contributed by atoms with Crippen LogP contribution in [-0.2, 0) is 6.42 Å². The van der Waals surface area contributed by atoms with Crippen molar-refractivity contribution in [3.05, 3.63) is 65.1 Å². The molecule has 7 nitrogen and oxygen atoms in total. The summed E-state index contributed by atoms with van der Waals surface area (Å²) in [7, 11) is 0. The van der Waals surface area contributed by atoms with E-state index in [4.69, 9.17) is 22.1 Å². The fraction of sp³-hybridized carbons (Fsp3) is 0.211. The van der Waals surface area contributed by atoms with E-state index in [9.17, 15) is 18.0 Å². The number of nitrogens with two attached hydrogens (primary N) is 1. The number of anilines is 1. The van der Waals surface area contributed by atoms with Crippen LogP contribution in [0.5, 0.6) is 0 Å². The summed E-state index contributed by atoms with van der Waals surface area (Å²) < 4.78 is 38.3. The number of aliphatic hydroxyl groups is 1. The molecule has 0 aliphatic heterocycles. The van der Waals surface area contributed by atoms with Gasteiger partial charge in [-0.25, -0.2) is 4.79 Å². The number of carbonyl (C=O) groups is 1. The van der Waals surface area contributed by atoms with Crippen molar-refractivity contribution in [2.24, 2.45) is 0 Å². The lowest BCUT2D eigenvalue weighted by Gasteiger charge is -2.11. The number of pyridine rings is 1. The van der Waals surface area contributed by atoms with Crippen molar-refractivity contribution < 1.29 is 28.4 Å². The second-order valence-corrected chi connectivity index (χ2v) is 6.59. The van der Waals surface area contributed by atoms with Crippen molar-refractivity contribution in [2.75, 3.05) is 18.5 Å². The van der Waals surface area contributed by atoms with E-state index in [1.807, 2.05) is 0 Å². The van der Waals surface area contributed by atoms with Gasteiger partial charge in [0.05, 0.1) is 18.4 Å². The molecule has 2 amide bonds. The van der Waals surface area contributed by atoms with Crippen LogP contribution in [0.2, 0.25) is 5.02 Å². The maximum absolute atomic E-state index is 12.8. The van der Waals surface area contributed by atoms with Gasteiger partial charge >= 0.3 is 12.2 Å². The molecule has 2 aromatic rings. The highest BCUT2D eigenvalue weighted by Crippen LogP contribution is 2.17. The van der Waals surface area contributed by atoms with Crippen LogP contribution in [-0.4, -0.2) is 41.2 Å². The van der Waals surface area contributed by atoms with E-state index in [1.165, 1.54) is 11.5 Å². The molecule has 1 aromatic carbocycles. The molecule has 6 N–H and O–H groups in total. The second-order valence-electron chi connectivity index (χ2n) is 6.15. The number of amides is 2. The van der Waals surface area contributed by atoms with Crippen LogP contribution in [0, 0.1) is 5.41 Å². The van der Waals surface area contributed by atoms with Gasteiger partial charge in [-0.2, -0.15) is 13.2 Å². The van der Waals surface area contributed by atoms with E-state index in [1.54, 1.807) is 36.4 Å². The van der Waals surface area contributed by atoms with Crippen molar-refractivity contribution >= 4 is 34.7 Å². The summed E-state index contributed by atoms with van der Waals surface area (Å²) in [5.74, 6) is 0. The van der Waals surface area contributed by atoms with Gasteiger partial charge in [0.25, 0.3) is 0 Å². The number of aliphatic hydroxyl groups excluding tert-OH is 1. The molecular weight excluding hydrogens is 423 g/mol. The van der Waals surface area contributed by atoms with Crippen LogP contribution in [0.1, 0.15) is 5.69 Å². The van der Waals surface area contributed by atoms with Crippen LogP contribution in [0.15, 0.2) is 54.4 Å². The maximum atomic E-state index is 12.8. The van der Waals surface area contributed by atoms with Gasteiger partial charge in [-0.05, 0) is 24.3 Å². The van der Waals surface area contributed by atoms with Crippen molar-refractivity contribution in [3.63, 3.8) is 0 Å². The summed E-state index contributed by atoms with van der Waals surface area (Å²) in [6.07, 6.45) is -2.38. The zero-order chi connectivity index (χ0) is 22.1. The quantitative estimate of drug-likeness (QED) is 0.320. The molecule has 1 aromatic heterocycles. The number of urea groups is 1. The number of nitrogens with one attached hydrogen (secondary N) is 3. The molecule has 0 saturated carbocycles. The fourth-order valence-electron chi connectivity index (χ4n) is 2.34. The van der Waals surface area contributed by atoms with Gasteiger partial charge in [-0.1, -0.05) is 17.7 Å². The Morgan fingerprint density at radius 2 is 2.07 bits per heavy atom. The lowest BCUT2D eigenvalue weighted by Crippen LogP contribution is -2.77. The molecular formula is C19H20ClF3N5O2+. The van der Waals surface area contributed by atoms with Gasteiger partial charge in [0.1, 0.15) is 17.1 Å². The van der Waals surface area contributed by atoms with Gasteiger partial charge in [-0.3, -0.25) is 15.7 Å². The zero-order valence-electron chi connectivity index (χ0n) is 15.6. The number of hydrogen-bond acceptors (Lipinski definition) is 4. The van der Waals surface area contributed by atoms with E-state index in [-0.39, 0.29) is 18.8 Å². The van der Waals surface area contributed by atoms with E-state index in [0.717, 1.165) is 0 Å². The summed E-state index contributed by atoms with van der Waals surface area (Å²) in [6.45, 7) is -0.307. The second kappa shape index (κ2) is 10.7. The van der Waals surface area contributed by atoms with Crippen LogP contribution >= 0.6 is 11.6 Å². The van der Waals surface area contributed by atoms with Crippen molar-refractivity contribution in [2.45, 2.75) is 12.6 Å². The highest BCUT2D eigenvalue weighted by atomic mass is 35.5. The molecule has 0 fully saturated rings. The summed E-state index contributed by atoms with van der Waals surface area (Å²) in [5, 5.41) is 22.8. The number of hydrogen-bond donors (Lipinski definition) is 5. The first-order chi connectivity index (χ1) is 14.2. The molecule has 0 atom stereocenters. The largest absolute Gasteiger partial charge is 0.432 e. The number of alkyl halides is 3. The summed E-state index contributed by atoms with van der Waals surface area (Å²) in [4.78, 5) is 16.2. The fourth-order valence-corrected chi connectivity index (χ4v) is 2.54. The normalized spacial score (nSPS) is 11.8. The molecule has 0 spiro atoms. The lowest BCUT2D eigenvalue weighted by molar-refractivity contribution is -0.518. The molecule has 0 aliphatic carbocycles. The van der Waals surface area contributed by atoms with Crippen LogP contribution in [0.4, 0.5) is 29.3 Å². The van der Waals surface area contributed by atoms with Crippen LogP contribution in [0.25, 0.3) is 0 Å². The first kappa shape index (κ1) is 23.3. The Morgan fingerprint density at radius 3 is 2.67 bits per heavy atom. The molecule has 0 radical (unpaired) electrons. The predicted octanol–water partition coefficient (Wildman–Crippen LogP) is 2.75. The molecule has 2 rings (SSSR count). The number of rotatable bonds is 8. The molecule has 0 unspecified atom stereocenters. The number of carbonyl (C=O) groups excluding carboxylic acids is 1. The van der Waals surface area contributed by atoms with Crippen LogP contribution < -0.4 is 16.0 Å². The number of aromatic nitrogens is 1. The van der Waals surface area contributed by atoms with E-state index in [2.05, 4.69) is 15.6 Å². The molecule has 30 heavy (non-hydrogen) atoms. The van der Waals surface area contributed by atoms with Crippen molar-refractivity contribution in [3.8, 4) is 0 Å². The van der Waals surface area contributed by atoms with Crippen molar-refractivity contribution in [1.29, 1.82) is 5.41 Å². The third-order valence-electron chi connectivity index (χ3n) is 3.74. The van der Waals surface area contributed by atoms with Gasteiger partial charge in [0.15, 0.2) is 0 Å². The maximum Gasteiger partial charge on any atom is 0.432 e. The van der Waals surface area contributed by atoms with E-state index < -0.39 is 17.9 Å². The van der Waals surface area contributed by atoms with Gasteiger partial charge in [0.2, 0.25) is 0 Å². The minimum Gasteiger partial charge on any atom is -0.396 e. The number of nitrogens with zero attached hydrogens (tertiary/aromatic N) is 1. The van der Waals surface area contributed by atoms with Gasteiger partial charge in [-0.15, -0.1) is 0 Å². The molecule has 0 aliphatic rings. The lowest BCUT2D eigenvalue weighted by atomic mass is 10.2. The number of halogens is 4. The number of benzene rings is 1. The molecule has 0 bridgehead atoms. The van der Waals surface area contributed by atoms with E-state index >= 15 is 0 Å². The topological polar surface area (TPSA) is 115 Å². The third kappa shape index (κ3) is 7.82. The SMILES string of the molecule is N=C(/C=C(/CNC(=O)Nc1ccc(CCO)nc1)[NH2+]c1cccc(Cl)c1)C(F)(F)F. The average molecular weight is 443 g/mol. The Labute approximate surface area is 175 Å². The first-order valence-electron chi connectivity index (χ1n) is 8.74. The van der Waals surface area contributed by atoms with E-state index in [0.29, 0.717) is 34.6 Å². The Kier molecular flexibility index (Phi) is 8.34. The Hall–Kier alpha value is -2.95. The number of allylic oxidation sites excluding steroid dienone is 1. The highest BCUT2D eigenvalue weighted by molar-refractivity contribution is 6.30. The minimum atomic E-state index is -4.81. The Balaban J connectivity index is 2.04. The minimum absolute atomic E-state index is 0.0502. The summed E-state index contributed by atoms with van der Waals surface area (Å²) in [5.41, 5.74) is 0.0689. The molecule has 11 heteroatoms. The molecule has 0 saturated heterocycles. The predicted molar refractivity (Wildman–Crippen MR) is 107 cm³/mol. The highest BCUT2D eigenvalue weighted by Gasteiger charge is 2.33. The summed E-state index contributed by atoms with van der Waals surface area (Å²) in [6, 6.07) is 9.00. The Morgan fingerprint density at radius 1 is 1.30 bits per heavy atom. The molecule has 160 valence electrons. The smallest absolute Gasteiger partial charge is 0.396 e. The van der Waals surface area contributed by atoms with Crippen molar-refractivity contribution in [1.82, 2.24) is 10.3 Å².